The van der Waals surface area contributed by atoms with Gasteiger partial charge in [-0.1, -0.05) is 36.4 Å². The Kier molecular flexibility index (Phi) is 7.47. The summed E-state index contributed by atoms with van der Waals surface area (Å²) < 4.78 is 10.7. The van der Waals surface area contributed by atoms with E-state index in [1.807, 2.05) is 48.5 Å². The predicted molar refractivity (Wildman–Crippen MR) is 132 cm³/mol. The van der Waals surface area contributed by atoms with Crippen LogP contribution >= 0.6 is 11.3 Å². The Bertz CT molecular complexity index is 1150. The lowest BCUT2D eigenvalue weighted by Gasteiger charge is -2.29. The number of carbonyl (C=O) groups excluding carboxylic acids is 2. The Morgan fingerprint density at radius 3 is 2.65 bits per heavy atom. The molecule has 0 spiro atoms. The number of nitrogens with zero attached hydrogens (tertiary/aromatic N) is 1. The molecule has 2 amide bonds. The first-order valence-electron chi connectivity index (χ1n) is 11.3. The third-order valence-electron chi connectivity index (χ3n) is 6.19. The third kappa shape index (κ3) is 5.56. The minimum absolute atomic E-state index is 0.0260. The molecule has 1 aliphatic rings. The minimum Gasteiger partial charge on any atom is -0.493 e. The average molecular weight is 480 g/mol. The Morgan fingerprint density at radius 2 is 1.94 bits per heavy atom. The summed E-state index contributed by atoms with van der Waals surface area (Å²) in [6.45, 7) is 0.433. The van der Waals surface area contributed by atoms with Crippen LogP contribution in [0.2, 0.25) is 0 Å². The van der Waals surface area contributed by atoms with Gasteiger partial charge in [0.15, 0.2) is 11.5 Å². The molecule has 1 aliphatic heterocycles. The predicted octanol–water partition coefficient (Wildman–Crippen LogP) is 4.12. The summed E-state index contributed by atoms with van der Waals surface area (Å²) in [6, 6.07) is 15.7. The molecule has 1 saturated heterocycles. The van der Waals surface area contributed by atoms with E-state index in [1.165, 1.54) is 11.3 Å². The molecule has 7 nitrogen and oxygen atoms in total. The maximum atomic E-state index is 12.7. The molecule has 0 bridgehead atoms. The van der Waals surface area contributed by atoms with Crippen molar-refractivity contribution in [2.45, 2.75) is 44.2 Å². The number of rotatable bonds is 10. The molecule has 2 aromatic carbocycles. The Labute approximate surface area is 203 Å². The summed E-state index contributed by atoms with van der Waals surface area (Å²) in [5.41, 5.74) is 4.32. The van der Waals surface area contributed by atoms with Crippen LogP contribution in [0.25, 0.3) is 11.3 Å². The van der Waals surface area contributed by atoms with E-state index in [-0.39, 0.29) is 11.8 Å². The van der Waals surface area contributed by atoms with Crippen LogP contribution < -0.4 is 20.1 Å². The van der Waals surface area contributed by atoms with Crippen LogP contribution in [0.15, 0.2) is 54.0 Å². The Morgan fingerprint density at radius 1 is 1.15 bits per heavy atom. The van der Waals surface area contributed by atoms with Gasteiger partial charge < -0.3 is 20.1 Å². The molecule has 0 saturated carbocycles. The van der Waals surface area contributed by atoms with Crippen LogP contribution in [0.3, 0.4) is 0 Å². The molecule has 0 radical (unpaired) electrons. The lowest BCUT2D eigenvalue weighted by molar-refractivity contribution is -0.122. The Hall–Kier alpha value is -3.39. The second kappa shape index (κ2) is 10.7. The van der Waals surface area contributed by atoms with Crippen LogP contribution in [0, 0.1) is 0 Å². The van der Waals surface area contributed by atoms with Gasteiger partial charge in [0.25, 0.3) is 0 Å². The van der Waals surface area contributed by atoms with Crippen molar-refractivity contribution < 1.29 is 19.1 Å². The second-order valence-electron chi connectivity index (χ2n) is 8.46. The van der Waals surface area contributed by atoms with Crippen molar-refractivity contribution in [3.63, 3.8) is 0 Å². The normalized spacial score (nSPS) is 17.3. The van der Waals surface area contributed by atoms with Gasteiger partial charge in [0, 0.05) is 23.9 Å². The fourth-order valence-electron chi connectivity index (χ4n) is 4.41. The van der Waals surface area contributed by atoms with Gasteiger partial charge in [0.2, 0.25) is 11.8 Å². The van der Waals surface area contributed by atoms with E-state index in [2.05, 4.69) is 15.6 Å². The standard InChI is InChI=1S/C26H29N3O4S/c1-32-20-9-8-18(14-21(20)33-2)15-26(13-11-24(31)29-26)12-10-23(30)27-16-22-25(28-17-34-22)19-6-4-3-5-7-19/h3-9,14,17H,10-13,15-16H2,1-2H3,(H,27,30)(H,29,31)/t26-/m0/s1. The van der Waals surface area contributed by atoms with Gasteiger partial charge in [-0.3, -0.25) is 9.59 Å². The second-order valence-corrected chi connectivity index (χ2v) is 9.40. The summed E-state index contributed by atoms with van der Waals surface area (Å²) >= 11 is 1.53. The van der Waals surface area contributed by atoms with E-state index >= 15 is 0 Å². The first kappa shape index (κ1) is 23.8. The van der Waals surface area contributed by atoms with E-state index in [1.54, 1.807) is 19.7 Å². The number of amides is 2. The maximum absolute atomic E-state index is 12.7. The monoisotopic (exact) mass is 479 g/mol. The molecule has 0 unspecified atom stereocenters. The average Bonchev–Trinajstić information content (AvgIpc) is 3.48. The van der Waals surface area contributed by atoms with Gasteiger partial charge in [0.1, 0.15) is 0 Å². The van der Waals surface area contributed by atoms with E-state index in [0.717, 1.165) is 21.7 Å². The van der Waals surface area contributed by atoms with Crippen molar-refractivity contribution in [1.29, 1.82) is 0 Å². The fraction of sp³-hybridized carbons (Fsp3) is 0.346. The number of methoxy groups -OCH3 is 2. The van der Waals surface area contributed by atoms with Gasteiger partial charge in [0.05, 0.1) is 36.8 Å². The van der Waals surface area contributed by atoms with Crippen molar-refractivity contribution in [2.75, 3.05) is 14.2 Å². The van der Waals surface area contributed by atoms with Crippen molar-refractivity contribution in [1.82, 2.24) is 15.6 Å². The van der Waals surface area contributed by atoms with Crippen LogP contribution in [-0.4, -0.2) is 36.6 Å². The highest BCUT2D eigenvalue weighted by molar-refractivity contribution is 7.10. The number of hydrogen-bond donors (Lipinski definition) is 2. The van der Waals surface area contributed by atoms with Crippen molar-refractivity contribution in [2.24, 2.45) is 0 Å². The van der Waals surface area contributed by atoms with Gasteiger partial charge in [-0.25, -0.2) is 4.98 Å². The molecule has 1 aromatic heterocycles. The largest absolute Gasteiger partial charge is 0.493 e. The van der Waals surface area contributed by atoms with Gasteiger partial charge >= 0.3 is 0 Å². The maximum Gasteiger partial charge on any atom is 0.220 e. The number of thiazole rings is 1. The Balaban J connectivity index is 1.38. The summed E-state index contributed by atoms with van der Waals surface area (Å²) in [5, 5.41) is 6.17. The molecule has 2 heterocycles. The lowest BCUT2D eigenvalue weighted by Crippen LogP contribution is -2.44. The molecule has 0 aliphatic carbocycles. The molecule has 4 rings (SSSR count). The molecule has 8 heteroatoms. The van der Waals surface area contributed by atoms with Crippen molar-refractivity contribution >= 4 is 23.2 Å². The zero-order valence-corrected chi connectivity index (χ0v) is 20.2. The minimum atomic E-state index is -0.451. The van der Waals surface area contributed by atoms with Crippen LogP contribution in [-0.2, 0) is 22.6 Å². The lowest BCUT2D eigenvalue weighted by atomic mass is 9.85. The van der Waals surface area contributed by atoms with E-state index in [9.17, 15) is 9.59 Å². The van der Waals surface area contributed by atoms with Crippen LogP contribution in [0.5, 0.6) is 11.5 Å². The SMILES string of the molecule is COc1ccc(C[C@]2(CCC(=O)NCc3scnc3-c3ccccc3)CCC(=O)N2)cc1OC. The van der Waals surface area contributed by atoms with Crippen LogP contribution in [0.1, 0.15) is 36.1 Å². The van der Waals surface area contributed by atoms with Gasteiger partial charge in [-0.2, -0.15) is 0 Å². The smallest absolute Gasteiger partial charge is 0.220 e. The highest BCUT2D eigenvalue weighted by Crippen LogP contribution is 2.33. The highest BCUT2D eigenvalue weighted by Gasteiger charge is 2.38. The summed E-state index contributed by atoms with van der Waals surface area (Å²) in [6.07, 6.45) is 2.68. The molecule has 2 N–H and O–H groups in total. The highest BCUT2D eigenvalue weighted by atomic mass is 32.1. The van der Waals surface area contributed by atoms with E-state index in [4.69, 9.17) is 9.47 Å². The molecular weight excluding hydrogens is 450 g/mol. The number of benzene rings is 2. The third-order valence-corrected chi connectivity index (χ3v) is 7.02. The first-order chi connectivity index (χ1) is 16.5. The zero-order chi connectivity index (χ0) is 24.0. The topological polar surface area (TPSA) is 89.5 Å². The summed E-state index contributed by atoms with van der Waals surface area (Å²) in [5.74, 6) is 1.29. The number of carbonyl (C=O) groups is 2. The van der Waals surface area contributed by atoms with E-state index in [0.29, 0.717) is 50.1 Å². The molecule has 34 heavy (non-hydrogen) atoms. The molecule has 1 fully saturated rings. The quantitative estimate of drug-likeness (QED) is 0.457. The zero-order valence-electron chi connectivity index (χ0n) is 19.4. The van der Waals surface area contributed by atoms with Crippen molar-refractivity contribution in [3.05, 3.63) is 64.5 Å². The fourth-order valence-corrected chi connectivity index (χ4v) is 5.13. The number of ether oxygens (including phenoxy) is 2. The van der Waals surface area contributed by atoms with E-state index < -0.39 is 5.54 Å². The summed E-state index contributed by atoms with van der Waals surface area (Å²) in [4.78, 5) is 30.3. The van der Waals surface area contributed by atoms with Crippen molar-refractivity contribution in [3.8, 4) is 22.8 Å². The number of nitrogens with one attached hydrogen (secondary N) is 2. The number of aromatic nitrogens is 1. The molecule has 178 valence electrons. The van der Waals surface area contributed by atoms with Crippen LogP contribution in [0.4, 0.5) is 0 Å². The molecule has 1 atom stereocenters. The summed E-state index contributed by atoms with van der Waals surface area (Å²) in [7, 11) is 3.20. The molecule has 3 aromatic rings. The van der Waals surface area contributed by atoms with Gasteiger partial charge in [-0.15, -0.1) is 11.3 Å². The van der Waals surface area contributed by atoms with Gasteiger partial charge in [-0.05, 0) is 37.0 Å². The number of hydrogen-bond acceptors (Lipinski definition) is 6. The first-order valence-corrected chi connectivity index (χ1v) is 12.2. The molecular formula is C26H29N3O4S.